The zero-order chi connectivity index (χ0) is 25.4. The first-order chi connectivity index (χ1) is 16.5. The summed E-state index contributed by atoms with van der Waals surface area (Å²) in [5, 5.41) is 0.972. The van der Waals surface area contributed by atoms with Gasteiger partial charge in [0.25, 0.3) is 0 Å². The van der Waals surface area contributed by atoms with Gasteiger partial charge in [0.2, 0.25) is 5.78 Å². The lowest BCUT2D eigenvalue weighted by atomic mass is 9.75. The molecule has 2 heterocycles. The van der Waals surface area contributed by atoms with Crippen molar-refractivity contribution in [3.63, 3.8) is 0 Å². The molecule has 0 spiro atoms. The van der Waals surface area contributed by atoms with Gasteiger partial charge in [0.1, 0.15) is 11.4 Å². The minimum Gasteiger partial charge on any atom is -0.448 e. The van der Waals surface area contributed by atoms with Gasteiger partial charge in [0, 0.05) is 48.7 Å². The van der Waals surface area contributed by atoms with Crippen molar-refractivity contribution in [3.8, 4) is 0 Å². The predicted molar refractivity (Wildman–Crippen MR) is 143 cm³/mol. The van der Waals surface area contributed by atoms with Crippen LogP contribution in [0, 0.1) is 11.7 Å². The smallest absolute Gasteiger partial charge is 0.375 e. The number of nitrogens with zero attached hydrogens (tertiary/aromatic N) is 1. The van der Waals surface area contributed by atoms with Crippen molar-refractivity contribution in [2.75, 3.05) is 13.1 Å². The normalized spacial score (nSPS) is 21.3. The SMILES string of the molecule is CCC(=O)C(=O)OC1(c2c(F)ccc3cc([Si](C)(C)C)sc23)CCN(Cc2ccccc2)CC1C. The first-order valence-corrected chi connectivity index (χ1v) is 16.6. The Kier molecular flexibility index (Phi) is 7.32. The number of carbonyl (C=O) groups excluding carboxylic acids is 2. The van der Waals surface area contributed by atoms with Crippen molar-refractivity contribution in [2.24, 2.45) is 5.92 Å². The molecule has 0 radical (unpaired) electrons. The number of Topliss-reactive ketones (excluding diaryl/α,β-unsaturated/α-hetero) is 1. The van der Waals surface area contributed by atoms with E-state index in [4.69, 9.17) is 4.74 Å². The summed E-state index contributed by atoms with van der Waals surface area (Å²) in [6, 6.07) is 15.7. The maximum atomic E-state index is 15.7. The highest BCUT2D eigenvalue weighted by Gasteiger charge is 2.49. The van der Waals surface area contributed by atoms with Crippen LogP contribution in [0.4, 0.5) is 4.39 Å². The van der Waals surface area contributed by atoms with E-state index in [0.717, 1.165) is 16.6 Å². The van der Waals surface area contributed by atoms with Crippen LogP contribution < -0.4 is 4.50 Å². The van der Waals surface area contributed by atoms with Crippen LogP contribution in [0.1, 0.15) is 37.8 Å². The second kappa shape index (κ2) is 9.95. The number of benzene rings is 2. The Balaban J connectivity index is 1.79. The highest BCUT2D eigenvalue weighted by Crippen LogP contribution is 2.46. The van der Waals surface area contributed by atoms with Gasteiger partial charge in [-0.05, 0) is 27.6 Å². The Morgan fingerprint density at radius 1 is 1.17 bits per heavy atom. The first-order valence-electron chi connectivity index (χ1n) is 12.3. The zero-order valence-corrected chi connectivity index (χ0v) is 23.0. The fourth-order valence-electron chi connectivity index (χ4n) is 4.97. The number of likely N-dealkylation sites (tertiary alicyclic amines) is 1. The van der Waals surface area contributed by atoms with Gasteiger partial charge in [-0.15, -0.1) is 11.3 Å². The molecule has 0 bridgehead atoms. The molecule has 4 rings (SSSR count). The molecule has 1 aliphatic heterocycles. The van der Waals surface area contributed by atoms with Gasteiger partial charge in [0.05, 0.1) is 8.07 Å². The van der Waals surface area contributed by atoms with Gasteiger partial charge in [-0.3, -0.25) is 9.69 Å². The third-order valence-electron chi connectivity index (χ3n) is 7.00. The topological polar surface area (TPSA) is 46.6 Å². The van der Waals surface area contributed by atoms with Crippen LogP contribution >= 0.6 is 11.3 Å². The highest BCUT2D eigenvalue weighted by molar-refractivity contribution is 7.31. The number of rotatable bonds is 7. The molecule has 3 aromatic rings. The molecule has 35 heavy (non-hydrogen) atoms. The molecule has 1 aliphatic rings. The largest absolute Gasteiger partial charge is 0.448 e. The fraction of sp³-hybridized carbons (Fsp3) is 0.429. The third kappa shape index (κ3) is 5.13. The van der Waals surface area contributed by atoms with E-state index in [1.807, 2.05) is 31.2 Å². The van der Waals surface area contributed by atoms with E-state index in [-0.39, 0.29) is 18.2 Å². The zero-order valence-electron chi connectivity index (χ0n) is 21.2. The molecule has 1 saturated heterocycles. The van der Waals surface area contributed by atoms with E-state index in [0.29, 0.717) is 25.1 Å². The highest BCUT2D eigenvalue weighted by atomic mass is 32.1. The van der Waals surface area contributed by atoms with Crippen molar-refractivity contribution in [1.29, 1.82) is 0 Å². The van der Waals surface area contributed by atoms with Crippen LogP contribution in [0.25, 0.3) is 10.1 Å². The Morgan fingerprint density at radius 2 is 1.89 bits per heavy atom. The maximum absolute atomic E-state index is 15.7. The van der Waals surface area contributed by atoms with Gasteiger partial charge in [0.15, 0.2) is 0 Å². The number of carbonyl (C=O) groups is 2. The molecule has 4 nitrogen and oxygen atoms in total. The summed E-state index contributed by atoms with van der Waals surface area (Å²) in [5.74, 6) is -2.02. The molecule has 0 amide bonds. The molecule has 2 atom stereocenters. The van der Waals surface area contributed by atoms with E-state index < -0.39 is 25.4 Å². The summed E-state index contributed by atoms with van der Waals surface area (Å²) in [6.07, 6.45) is 0.495. The Labute approximate surface area is 212 Å². The van der Waals surface area contributed by atoms with Crippen LogP contribution in [0.3, 0.4) is 0 Å². The Bertz CT molecular complexity index is 1240. The van der Waals surface area contributed by atoms with Crippen LogP contribution in [-0.4, -0.2) is 37.8 Å². The monoisotopic (exact) mass is 511 g/mol. The summed E-state index contributed by atoms with van der Waals surface area (Å²) in [7, 11) is -1.63. The molecule has 2 aromatic carbocycles. The fourth-order valence-corrected chi connectivity index (χ4v) is 8.11. The third-order valence-corrected chi connectivity index (χ3v) is 11.7. The molecule has 2 unspecified atom stereocenters. The van der Waals surface area contributed by atoms with Crippen molar-refractivity contribution in [1.82, 2.24) is 4.90 Å². The van der Waals surface area contributed by atoms with Crippen LogP contribution in [0.2, 0.25) is 19.6 Å². The number of hydrogen-bond donors (Lipinski definition) is 0. The Morgan fingerprint density at radius 3 is 2.51 bits per heavy atom. The van der Waals surface area contributed by atoms with E-state index in [1.165, 1.54) is 16.1 Å². The lowest BCUT2D eigenvalue weighted by Crippen LogP contribution is -2.52. The van der Waals surface area contributed by atoms with Gasteiger partial charge < -0.3 is 4.74 Å². The maximum Gasteiger partial charge on any atom is 0.375 e. The van der Waals surface area contributed by atoms with Gasteiger partial charge in [-0.1, -0.05) is 69.9 Å². The minimum absolute atomic E-state index is 0.0644. The predicted octanol–water partition coefficient (Wildman–Crippen LogP) is 5.85. The van der Waals surface area contributed by atoms with Crippen LogP contribution in [0.5, 0.6) is 0 Å². The second-order valence-electron chi connectivity index (χ2n) is 10.6. The molecule has 1 fully saturated rings. The van der Waals surface area contributed by atoms with Crippen molar-refractivity contribution in [3.05, 3.63) is 65.5 Å². The lowest BCUT2D eigenvalue weighted by molar-refractivity contribution is -0.179. The second-order valence-corrected chi connectivity index (χ2v) is 17.1. The summed E-state index contributed by atoms with van der Waals surface area (Å²) in [5.41, 5.74) is 0.450. The number of hydrogen-bond acceptors (Lipinski definition) is 5. The standard InChI is InChI=1S/C28H34FNO3SSi/c1-6-23(31)27(32)33-28(14-15-30(17-19(28)2)18-20-10-8-7-9-11-20)25-22(29)13-12-21-16-24(34-26(21)25)35(3,4)5/h7-13,16,19H,6,14-15,17-18H2,1-5H3. The van der Waals surface area contributed by atoms with E-state index in [2.05, 4.69) is 42.7 Å². The number of fused-ring (bicyclic) bond motifs is 1. The number of halogens is 1. The van der Waals surface area contributed by atoms with Gasteiger partial charge >= 0.3 is 5.97 Å². The van der Waals surface area contributed by atoms with Crippen molar-refractivity contribution in [2.45, 2.75) is 58.5 Å². The molecule has 0 saturated carbocycles. The van der Waals surface area contributed by atoms with E-state index in [9.17, 15) is 9.59 Å². The summed E-state index contributed by atoms with van der Waals surface area (Å²) >= 11 is 1.62. The molecule has 0 N–H and O–H groups in total. The Hall–Kier alpha value is -2.35. The number of ketones is 1. The number of esters is 1. The average Bonchev–Trinajstić information content (AvgIpc) is 3.26. The molecular weight excluding hydrogens is 477 g/mol. The first kappa shape index (κ1) is 25.7. The number of thiophene rings is 1. The van der Waals surface area contributed by atoms with Crippen molar-refractivity contribution >= 4 is 45.7 Å². The van der Waals surface area contributed by atoms with E-state index in [1.54, 1.807) is 18.3 Å². The van der Waals surface area contributed by atoms with E-state index >= 15 is 4.39 Å². The van der Waals surface area contributed by atoms with Crippen molar-refractivity contribution < 1.29 is 18.7 Å². The molecule has 1 aromatic heterocycles. The average molecular weight is 512 g/mol. The van der Waals surface area contributed by atoms with Crippen LogP contribution in [-0.2, 0) is 26.5 Å². The van der Waals surface area contributed by atoms with Gasteiger partial charge in [-0.2, -0.15) is 0 Å². The number of ether oxygens (including phenoxy) is 1. The molecule has 7 heteroatoms. The summed E-state index contributed by atoms with van der Waals surface area (Å²) in [6.45, 7) is 12.5. The summed E-state index contributed by atoms with van der Waals surface area (Å²) < 4.78 is 23.9. The van der Waals surface area contributed by atoms with Gasteiger partial charge in [-0.25, -0.2) is 9.18 Å². The minimum atomic E-state index is -1.63. The molecule has 186 valence electrons. The quantitative estimate of drug-likeness (QED) is 0.227. The van der Waals surface area contributed by atoms with Crippen LogP contribution in [0.15, 0.2) is 48.5 Å². The number of piperidine rings is 1. The summed E-state index contributed by atoms with van der Waals surface area (Å²) in [4.78, 5) is 27.5. The molecule has 0 aliphatic carbocycles. The molecular formula is C28H34FNO3SSi. The lowest BCUT2D eigenvalue weighted by Gasteiger charge is -2.46.